The average molecular weight is 367 g/mol. The number of nitrogens with zero attached hydrogens (tertiary/aromatic N) is 1. The highest BCUT2D eigenvalue weighted by Gasteiger charge is 2.12. The number of nitriles is 1. The molecule has 0 aliphatic rings. The molecule has 2 aromatic carbocycles. The normalized spacial score (nSPS) is 9.48. The number of carboxylic acids is 1. The quantitative estimate of drug-likeness (QED) is 0.608. The molecule has 3 rings (SSSR count). The van der Waals surface area contributed by atoms with Gasteiger partial charge in [-0.3, -0.25) is 4.79 Å². The fraction of sp³-hybridized carbons (Fsp3) is 0. The molecular weight excluding hydrogens is 353 g/mol. The van der Waals surface area contributed by atoms with E-state index in [4.69, 9.17) is 16.1 Å². The first-order valence-corrected chi connectivity index (χ1v) is 7.54. The van der Waals surface area contributed by atoms with Crippen LogP contribution in [0.15, 0.2) is 65.3 Å². The fourth-order valence-electron chi connectivity index (χ4n) is 2.00. The molecule has 27 heavy (non-hydrogen) atoms. The van der Waals surface area contributed by atoms with Gasteiger partial charge in [0, 0.05) is 5.69 Å². The first-order valence-electron chi connectivity index (χ1n) is 7.54. The van der Waals surface area contributed by atoms with Gasteiger partial charge in [0.2, 0.25) is 5.76 Å². The van der Waals surface area contributed by atoms with Gasteiger partial charge in [-0.2, -0.15) is 5.26 Å². The second-order valence-corrected chi connectivity index (χ2v) is 5.13. The second kappa shape index (κ2) is 8.82. The maximum atomic E-state index is 13.4. The van der Waals surface area contributed by atoms with Crippen molar-refractivity contribution in [3.63, 3.8) is 0 Å². The molecule has 0 fully saturated rings. The lowest BCUT2D eigenvalue weighted by molar-refractivity contribution is 0.0662. The second-order valence-electron chi connectivity index (χ2n) is 5.13. The van der Waals surface area contributed by atoms with Crippen LogP contribution in [-0.2, 0) is 0 Å². The van der Waals surface area contributed by atoms with Crippen molar-refractivity contribution in [1.29, 1.82) is 5.26 Å². The first kappa shape index (κ1) is 19.2. The van der Waals surface area contributed by atoms with Crippen LogP contribution in [0, 0.1) is 17.1 Å². The third kappa shape index (κ3) is 5.17. The van der Waals surface area contributed by atoms with Crippen molar-refractivity contribution in [2.24, 2.45) is 0 Å². The smallest absolute Gasteiger partial charge is 0.371 e. The van der Waals surface area contributed by atoms with Gasteiger partial charge in [-0.05, 0) is 42.5 Å². The average Bonchev–Trinajstić information content (AvgIpc) is 3.19. The minimum atomic E-state index is -1.03. The minimum Gasteiger partial charge on any atom is -0.475 e. The molecule has 0 aliphatic carbocycles. The maximum Gasteiger partial charge on any atom is 0.371 e. The van der Waals surface area contributed by atoms with Gasteiger partial charge in [-0.1, -0.05) is 12.1 Å². The van der Waals surface area contributed by atoms with Crippen LogP contribution in [0.25, 0.3) is 0 Å². The third-order valence-electron chi connectivity index (χ3n) is 3.26. The molecule has 0 radical (unpaired) electrons. The van der Waals surface area contributed by atoms with E-state index >= 15 is 0 Å². The van der Waals surface area contributed by atoms with Gasteiger partial charge < -0.3 is 20.6 Å². The van der Waals surface area contributed by atoms with E-state index in [1.54, 1.807) is 12.1 Å². The van der Waals surface area contributed by atoms with Gasteiger partial charge in [0.15, 0.2) is 0 Å². The molecule has 0 bridgehead atoms. The number of carbonyl (C=O) groups excluding carboxylic acids is 1. The Labute approximate surface area is 153 Å². The highest BCUT2D eigenvalue weighted by molar-refractivity contribution is 6.05. The monoisotopic (exact) mass is 367 g/mol. The zero-order chi connectivity index (χ0) is 19.8. The fourth-order valence-corrected chi connectivity index (χ4v) is 2.00. The topological polar surface area (TPSA) is 129 Å². The molecule has 0 saturated heterocycles. The van der Waals surface area contributed by atoms with Gasteiger partial charge in [-0.25, -0.2) is 9.18 Å². The summed E-state index contributed by atoms with van der Waals surface area (Å²) in [5.74, 6) is -2.28. The molecule has 1 aromatic heterocycles. The lowest BCUT2D eigenvalue weighted by Gasteiger charge is -2.08. The highest BCUT2D eigenvalue weighted by Crippen LogP contribution is 2.19. The summed E-state index contributed by atoms with van der Waals surface area (Å²) in [7, 11) is 0. The minimum absolute atomic E-state index is 0.0231. The number of hydrogen-bond acceptors (Lipinski definition) is 5. The maximum absolute atomic E-state index is 13.4. The molecular formula is C19H14FN3O4. The Morgan fingerprint density at radius 1 is 1.15 bits per heavy atom. The first-order chi connectivity index (χ1) is 12.9. The van der Waals surface area contributed by atoms with Crippen molar-refractivity contribution >= 4 is 23.3 Å². The Morgan fingerprint density at radius 2 is 1.89 bits per heavy atom. The summed E-state index contributed by atoms with van der Waals surface area (Å²) in [6, 6.07) is 15.0. The van der Waals surface area contributed by atoms with Crippen LogP contribution >= 0.6 is 0 Å². The summed E-state index contributed by atoms with van der Waals surface area (Å²) in [6.07, 6.45) is 1.32. The molecule has 1 amide bonds. The number of carbonyl (C=O) groups is 2. The van der Waals surface area contributed by atoms with Gasteiger partial charge in [-0.15, -0.1) is 0 Å². The number of carboxylic acid groups (broad SMARTS) is 1. The number of hydrogen-bond donors (Lipinski definition) is 3. The van der Waals surface area contributed by atoms with Crippen LogP contribution in [0.1, 0.15) is 26.5 Å². The van der Waals surface area contributed by atoms with Crippen LogP contribution in [0.5, 0.6) is 0 Å². The lowest BCUT2D eigenvalue weighted by Crippen LogP contribution is -2.14. The van der Waals surface area contributed by atoms with Crippen molar-refractivity contribution in [2.45, 2.75) is 0 Å². The van der Waals surface area contributed by atoms with E-state index in [0.29, 0.717) is 11.4 Å². The number of rotatable bonds is 3. The summed E-state index contributed by atoms with van der Waals surface area (Å²) < 4.78 is 17.9. The molecule has 4 N–H and O–H groups in total. The molecule has 1 heterocycles. The van der Waals surface area contributed by atoms with E-state index in [-0.39, 0.29) is 16.9 Å². The van der Waals surface area contributed by atoms with Crippen molar-refractivity contribution < 1.29 is 23.5 Å². The summed E-state index contributed by atoms with van der Waals surface area (Å²) in [5, 5.41) is 19.6. The van der Waals surface area contributed by atoms with E-state index in [9.17, 15) is 14.0 Å². The van der Waals surface area contributed by atoms with E-state index in [0.717, 1.165) is 0 Å². The van der Waals surface area contributed by atoms with E-state index < -0.39 is 17.7 Å². The predicted octanol–water partition coefficient (Wildman–Crippen LogP) is 3.51. The van der Waals surface area contributed by atoms with E-state index in [1.807, 2.05) is 6.07 Å². The van der Waals surface area contributed by atoms with Crippen molar-refractivity contribution in [1.82, 2.24) is 0 Å². The van der Waals surface area contributed by atoms with Gasteiger partial charge in [0.25, 0.3) is 5.91 Å². The predicted molar refractivity (Wildman–Crippen MR) is 95.6 cm³/mol. The number of nitrogen functional groups attached to an aromatic ring is 1. The van der Waals surface area contributed by atoms with Crippen molar-refractivity contribution in [3.05, 3.63) is 83.6 Å². The lowest BCUT2D eigenvalue weighted by atomic mass is 10.1. The molecule has 0 aliphatic heterocycles. The largest absolute Gasteiger partial charge is 0.475 e. The van der Waals surface area contributed by atoms with Crippen molar-refractivity contribution in [3.8, 4) is 6.07 Å². The number of halogens is 1. The number of furan rings is 1. The molecule has 7 nitrogen and oxygen atoms in total. The van der Waals surface area contributed by atoms with Gasteiger partial charge in [0.05, 0.1) is 23.1 Å². The molecule has 0 atom stereocenters. The summed E-state index contributed by atoms with van der Waals surface area (Å²) >= 11 is 0. The van der Waals surface area contributed by atoms with Crippen LogP contribution in [-0.4, -0.2) is 17.0 Å². The van der Waals surface area contributed by atoms with Crippen LogP contribution in [0.4, 0.5) is 15.8 Å². The number of benzene rings is 2. The van der Waals surface area contributed by atoms with Crippen LogP contribution in [0.2, 0.25) is 0 Å². The number of nitrogens with one attached hydrogen (secondary N) is 1. The zero-order valence-electron chi connectivity index (χ0n) is 13.8. The third-order valence-corrected chi connectivity index (χ3v) is 3.26. The highest BCUT2D eigenvalue weighted by atomic mass is 19.1. The molecule has 0 unspecified atom stereocenters. The summed E-state index contributed by atoms with van der Waals surface area (Å²) in [5.41, 5.74) is 6.40. The molecule has 0 saturated carbocycles. The molecule has 0 spiro atoms. The Kier molecular flexibility index (Phi) is 6.28. The standard InChI is InChI=1S/C14H10FN3O.C5H4O3/c15-12-4-2-1-3-11(12)14(19)18-13-6-5-10(17)7-9(13)8-16;6-5(7)4-2-1-3-8-4/h1-7H,17H2,(H,18,19);1-3H,(H,6,7). The van der Waals surface area contributed by atoms with Gasteiger partial charge >= 0.3 is 5.97 Å². The number of amides is 1. The number of anilines is 2. The number of aromatic carboxylic acids is 1. The molecule has 8 heteroatoms. The van der Waals surface area contributed by atoms with Crippen molar-refractivity contribution in [2.75, 3.05) is 11.1 Å². The Bertz CT molecular complexity index is 994. The van der Waals surface area contributed by atoms with E-state index in [2.05, 4.69) is 9.73 Å². The molecule has 136 valence electrons. The SMILES string of the molecule is N#Cc1cc(N)ccc1NC(=O)c1ccccc1F.O=C(O)c1ccco1. The van der Waals surface area contributed by atoms with E-state index in [1.165, 1.54) is 48.7 Å². The summed E-state index contributed by atoms with van der Waals surface area (Å²) in [6.45, 7) is 0. The van der Waals surface area contributed by atoms with Crippen LogP contribution < -0.4 is 11.1 Å². The van der Waals surface area contributed by atoms with Gasteiger partial charge in [0.1, 0.15) is 11.9 Å². The van der Waals surface area contributed by atoms with Crippen LogP contribution in [0.3, 0.4) is 0 Å². The Morgan fingerprint density at radius 3 is 2.44 bits per heavy atom. The zero-order valence-corrected chi connectivity index (χ0v) is 13.8. The summed E-state index contributed by atoms with van der Waals surface area (Å²) in [4.78, 5) is 21.9. The Balaban J connectivity index is 0.000000273. The number of nitrogens with two attached hydrogens (primary N) is 1. The Hall–Kier alpha value is -4.12. The molecule has 3 aromatic rings.